The molecular weight excluding hydrogens is 512 g/mol. The van der Waals surface area contributed by atoms with Crippen LogP contribution in [0.1, 0.15) is 35.6 Å². The normalized spacial score (nSPS) is 14.3. The molecule has 0 aliphatic carbocycles. The fourth-order valence-electron chi connectivity index (χ4n) is 4.75. The smallest absolute Gasteiger partial charge is 0.115 e. The molecular formula is C36H42O5. The van der Waals surface area contributed by atoms with E-state index in [0.717, 1.165) is 28.7 Å². The number of benzene rings is 4. The van der Waals surface area contributed by atoms with Crippen molar-refractivity contribution in [2.45, 2.75) is 64.2 Å². The van der Waals surface area contributed by atoms with Crippen LogP contribution in [0.25, 0.3) is 0 Å². The minimum Gasteiger partial charge on any atom is -0.376 e. The van der Waals surface area contributed by atoms with Crippen molar-refractivity contribution in [2.24, 2.45) is 0 Å². The molecule has 4 unspecified atom stereocenters. The molecule has 4 atom stereocenters. The summed E-state index contributed by atoms with van der Waals surface area (Å²) in [6.07, 6.45) is -0.707. The molecule has 0 aromatic heterocycles. The lowest BCUT2D eigenvalue weighted by atomic mass is 10.00. The first-order chi connectivity index (χ1) is 20.3. The summed E-state index contributed by atoms with van der Waals surface area (Å²) in [7, 11) is 1.70. The Morgan fingerprint density at radius 1 is 0.463 bits per heavy atom. The van der Waals surface area contributed by atoms with E-state index in [-0.39, 0.29) is 12.2 Å². The third-order valence-electron chi connectivity index (χ3n) is 7.03. The zero-order valence-electron chi connectivity index (χ0n) is 24.1. The van der Waals surface area contributed by atoms with Gasteiger partial charge in [0.05, 0.1) is 39.1 Å². The fourth-order valence-corrected chi connectivity index (χ4v) is 4.75. The molecule has 0 heterocycles. The summed E-state index contributed by atoms with van der Waals surface area (Å²) in [6.45, 7) is 4.30. The van der Waals surface area contributed by atoms with E-state index in [1.165, 1.54) is 0 Å². The molecule has 0 aliphatic rings. The molecule has 0 N–H and O–H groups in total. The molecule has 0 aliphatic heterocycles. The van der Waals surface area contributed by atoms with Gasteiger partial charge >= 0.3 is 0 Å². The Hall–Kier alpha value is -3.32. The summed E-state index contributed by atoms with van der Waals surface area (Å²) in [4.78, 5) is 0. The maximum Gasteiger partial charge on any atom is 0.115 e. The van der Waals surface area contributed by atoms with Gasteiger partial charge in [0.25, 0.3) is 0 Å². The molecule has 216 valence electrons. The van der Waals surface area contributed by atoms with Crippen LogP contribution in [0.3, 0.4) is 0 Å². The minimum absolute atomic E-state index is 0.230. The summed E-state index contributed by atoms with van der Waals surface area (Å²) >= 11 is 0. The first-order valence-electron chi connectivity index (χ1n) is 14.4. The average Bonchev–Trinajstić information content (AvgIpc) is 3.04. The molecule has 0 amide bonds. The van der Waals surface area contributed by atoms with Crippen LogP contribution in [-0.4, -0.2) is 38.1 Å². The Bertz CT molecular complexity index is 1200. The molecule has 0 fully saturated rings. The molecule has 4 aromatic carbocycles. The first-order valence-corrected chi connectivity index (χ1v) is 14.4. The van der Waals surface area contributed by atoms with Crippen LogP contribution in [0.5, 0.6) is 0 Å². The van der Waals surface area contributed by atoms with Crippen molar-refractivity contribution in [3.8, 4) is 0 Å². The van der Waals surface area contributed by atoms with E-state index >= 15 is 0 Å². The Labute approximate surface area is 245 Å². The van der Waals surface area contributed by atoms with Gasteiger partial charge < -0.3 is 23.7 Å². The van der Waals surface area contributed by atoms with Gasteiger partial charge in [-0.3, -0.25) is 0 Å². The van der Waals surface area contributed by atoms with Crippen LogP contribution in [-0.2, 0) is 50.1 Å². The maximum atomic E-state index is 6.68. The number of hydrogen-bond donors (Lipinski definition) is 0. The summed E-state index contributed by atoms with van der Waals surface area (Å²) < 4.78 is 32.1. The minimum atomic E-state index is -0.444. The zero-order chi connectivity index (χ0) is 28.5. The third kappa shape index (κ3) is 10.2. The standard InChI is InChI=1S/C36H42O5/c1-3-33(39-25-30-18-10-5-11-19-30)35(40-26-31-20-12-6-13-21-31)36(41-27-32-22-14-7-15-23-32)34(37-2)28-38-24-29-16-8-4-9-17-29/h4-23,33-36H,3,24-28H2,1-2H3. The highest BCUT2D eigenvalue weighted by Gasteiger charge is 2.37. The maximum absolute atomic E-state index is 6.68. The summed E-state index contributed by atoms with van der Waals surface area (Å²) in [5.41, 5.74) is 4.40. The van der Waals surface area contributed by atoms with E-state index in [9.17, 15) is 0 Å². The largest absolute Gasteiger partial charge is 0.376 e. The van der Waals surface area contributed by atoms with E-state index in [1.807, 2.05) is 72.8 Å². The van der Waals surface area contributed by atoms with Crippen LogP contribution < -0.4 is 0 Å². The van der Waals surface area contributed by atoms with Gasteiger partial charge in [-0.05, 0) is 28.7 Å². The van der Waals surface area contributed by atoms with Gasteiger partial charge in [-0.2, -0.15) is 0 Å². The lowest BCUT2D eigenvalue weighted by Gasteiger charge is -2.37. The molecule has 0 bridgehead atoms. The summed E-state index contributed by atoms with van der Waals surface area (Å²) in [6, 6.07) is 40.7. The molecule has 4 aromatic rings. The molecule has 0 saturated heterocycles. The van der Waals surface area contributed by atoms with Gasteiger partial charge in [-0.15, -0.1) is 0 Å². The molecule has 0 saturated carbocycles. The first kappa shape index (κ1) is 30.6. The molecule has 5 heteroatoms. The number of ether oxygens (including phenoxy) is 5. The predicted molar refractivity (Wildman–Crippen MR) is 162 cm³/mol. The number of methoxy groups -OCH3 is 1. The van der Waals surface area contributed by atoms with Crippen LogP contribution >= 0.6 is 0 Å². The van der Waals surface area contributed by atoms with Crippen LogP contribution in [0.2, 0.25) is 0 Å². The van der Waals surface area contributed by atoms with Crippen LogP contribution in [0.15, 0.2) is 121 Å². The Kier molecular flexibility index (Phi) is 13.1. The van der Waals surface area contributed by atoms with Crippen LogP contribution in [0.4, 0.5) is 0 Å². The fraction of sp³-hybridized carbons (Fsp3) is 0.333. The van der Waals surface area contributed by atoms with Crippen molar-refractivity contribution in [1.29, 1.82) is 0 Å². The SMILES string of the molecule is CCC(OCc1ccccc1)C(OCc1ccccc1)C(OCc1ccccc1)C(COCc1ccccc1)OC. The predicted octanol–water partition coefficient (Wildman–Crippen LogP) is 7.38. The second-order valence-corrected chi connectivity index (χ2v) is 10.0. The quantitative estimate of drug-likeness (QED) is 0.128. The van der Waals surface area contributed by atoms with Gasteiger partial charge in [0, 0.05) is 7.11 Å². The molecule has 5 nitrogen and oxygen atoms in total. The monoisotopic (exact) mass is 554 g/mol. The van der Waals surface area contributed by atoms with Crippen molar-refractivity contribution < 1.29 is 23.7 Å². The van der Waals surface area contributed by atoms with Crippen molar-refractivity contribution >= 4 is 0 Å². The van der Waals surface area contributed by atoms with Gasteiger partial charge in [0.15, 0.2) is 0 Å². The van der Waals surface area contributed by atoms with Gasteiger partial charge in [0.1, 0.15) is 18.3 Å². The van der Waals surface area contributed by atoms with E-state index < -0.39 is 12.2 Å². The van der Waals surface area contributed by atoms with Gasteiger partial charge in [0.2, 0.25) is 0 Å². The third-order valence-corrected chi connectivity index (χ3v) is 7.03. The topological polar surface area (TPSA) is 46.2 Å². The molecule has 0 radical (unpaired) electrons. The summed E-state index contributed by atoms with van der Waals surface area (Å²) in [5.74, 6) is 0. The van der Waals surface area contributed by atoms with Crippen molar-refractivity contribution in [3.63, 3.8) is 0 Å². The van der Waals surface area contributed by atoms with E-state index in [0.29, 0.717) is 33.0 Å². The average molecular weight is 555 g/mol. The second-order valence-electron chi connectivity index (χ2n) is 10.0. The number of rotatable bonds is 18. The molecule has 4 rings (SSSR count). The highest BCUT2D eigenvalue weighted by atomic mass is 16.6. The molecule has 0 spiro atoms. The Morgan fingerprint density at radius 3 is 1.22 bits per heavy atom. The van der Waals surface area contributed by atoms with Crippen molar-refractivity contribution in [2.75, 3.05) is 13.7 Å². The van der Waals surface area contributed by atoms with Crippen molar-refractivity contribution in [3.05, 3.63) is 144 Å². The van der Waals surface area contributed by atoms with E-state index in [4.69, 9.17) is 23.7 Å². The zero-order valence-corrected chi connectivity index (χ0v) is 24.1. The Morgan fingerprint density at radius 2 is 0.829 bits per heavy atom. The van der Waals surface area contributed by atoms with E-state index in [2.05, 4.69) is 55.5 Å². The number of hydrogen-bond acceptors (Lipinski definition) is 5. The van der Waals surface area contributed by atoms with Gasteiger partial charge in [-0.1, -0.05) is 128 Å². The van der Waals surface area contributed by atoms with Gasteiger partial charge in [-0.25, -0.2) is 0 Å². The highest BCUT2D eigenvalue weighted by molar-refractivity contribution is 5.16. The van der Waals surface area contributed by atoms with Crippen LogP contribution in [0, 0.1) is 0 Å². The van der Waals surface area contributed by atoms with Crippen molar-refractivity contribution in [1.82, 2.24) is 0 Å². The lowest BCUT2D eigenvalue weighted by molar-refractivity contribution is -0.193. The second kappa shape index (κ2) is 17.5. The lowest BCUT2D eigenvalue weighted by Crippen LogP contribution is -2.50. The summed E-state index contributed by atoms with van der Waals surface area (Å²) in [5, 5.41) is 0. The van der Waals surface area contributed by atoms with E-state index in [1.54, 1.807) is 7.11 Å². The Balaban J connectivity index is 1.56. The molecule has 41 heavy (non-hydrogen) atoms. The highest BCUT2D eigenvalue weighted by Crippen LogP contribution is 2.24.